The van der Waals surface area contributed by atoms with Gasteiger partial charge in [-0.1, -0.05) is 71.5 Å². The Morgan fingerprint density at radius 3 is 2.56 bits per heavy atom. The number of benzene rings is 3. The second-order valence-electron chi connectivity index (χ2n) is 8.89. The number of ether oxygens (including phenoxy) is 3. The topological polar surface area (TPSA) is 79.1 Å². The summed E-state index contributed by atoms with van der Waals surface area (Å²) < 4.78 is 18.9. The number of fused-ring (bicyclic) bond motifs is 2. The summed E-state index contributed by atoms with van der Waals surface area (Å²) in [6.07, 6.45) is 1.80. The molecular formula is C30H23ClN2O5S. The molecule has 196 valence electrons. The lowest BCUT2D eigenvalue weighted by molar-refractivity contribution is -0.138. The van der Waals surface area contributed by atoms with Gasteiger partial charge in [0.1, 0.15) is 13.2 Å². The van der Waals surface area contributed by atoms with Crippen LogP contribution in [0.15, 0.2) is 88.2 Å². The normalized spacial score (nSPS) is 16.5. The van der Waals surface area contributed by atoms with Gasteiger partial charge in [0.05, 0.1) is 28.5 Å². The fourth-order valence-corrected chi connectivity index (χ4v) is 5.83. The van der Waals surface area contributed by atoms with Gasteiger partial charge in [0.25, 0.3) is 5.56 Å². The van der Waals surface area contributed by atoms with Crippen molar-refractivity contribution in [3.63, 3.8) is 0 Å². The minimum atomic E-state index is -0.754. The highest BCUT2D eigenvalue weighted by molar-refractivity contribution is 7.07. The Morgan fingerprint density at radius 1 is 1.08 bits per heavy atom. The van der Waals surface area contributed by atoms with Crippen LogP contribution >= 0.6 is 22.9 Å². The smallest absolute Gasteiger partial charge is 0.338 e. The zero-order valence-corrected chi connectivity index (χ0v) is 22.5. The van der Waals surface area contributed by atoms with Crippen LogP contribution in [0.5, 0.6) is 11.5 Å². The monoisotopic (exact) mass is 558 g/mol. The molecule has 4 aromatic rings. The number of carbonyl (C=O) groups is 1. The van der Waals surface area contributed by atoms with Gasteiger partial charge < -0.3 is 14.2 Å². The largest absolute Gasteiger partial charge is 0.486 e. The van der Waals surface area contributed by atoms with Crippen LogP contribution in [0.4, 0.5) is 0 Å². The molecule has 3 aromatic carbocycles. The standard InChI is InChI=1S/C30H23ClN2O5S/c1-2-36-29(35)25-26(19-6-4-3-5-7-19)32-30-33(27(25)20-9-11-21(31)12-10-20)28(34)24(39-30)17-18-8-13-22-23(16-18)38-15-14-37-22/h3-13,16-17,27H,2,14-15H2,1H3. The molecule has 7 nitrogen and oxygen atoms in total. The molecule has 9 heteroatoms. The van der Waals surface area contributed by atoms with E-state index in [9.17, 15) is 9.59 Å². The van der Waals surface area contributed by atoms with E-state index in [0.29, 0.717) is 50.3 Å². The van der Waals surface area contributed by atoms with Crippen molar-refractivity contribution in [3.05, 3.63) is 120 Å². The van der Waals surface area contributed by atoms with E-state index in [1.54, 1.807) is 29.7 Å². The van der Waals surface area contributed by atoms with Gasteiger partial charge in [0.15, 0.2) is 16.3 Å². The quantitative estimate of drug-likeness (QED) is 0.340. The molecule has 0 N–H and O–H groups in total. The molecule has 0 aliphatic carbocycles. The van der Waals surface area contributed by atoms with E-state index in [2.05, 4.69) is 0 Å². The van der Waals surface area contributed by atoms with Gasteiger partial charge in [0.2, 0.25) is 0 Å². The third-order valence-electron chi connectivity index (χ3n) is 6.42. The molecule has 2 aliphatic rings. The molecule has 0 saturated heterocycles. The molecule has 0 spiro atoms. The minimum absolute atomic E-state index is 0.187. The summed E-state index contributed by atoms with van der Waals surface area (Å²) in [5.41, 5.74) is 2.77. The summed E-state index contributed by atoms with van der Waals surface area (Å²) in [5, 5.41) is 0.551. The van der Waals surface area contributed by atoms with E-state index < -0.39 is 12.0 Å². The van der Waals surface area contributed by atoms with Crippen molar-refractivity contribution < 1.29 is 19.0 Å². The van der Waals surface area contributed by atoms with Crippen LogP contribution in [0.25, 0.3) is 11.8 Å². The first kappa shape index (κ1) is 25.2. The maximum Gasteiger partial charge on any atom is 0.338 e. The van der Waals surface area contributed by atoms with Crippen molar-refractivity contribution in [1.29, 1.82) is 0 Å². The SMILES string of the molecule is CCOC(=O)C1=C(c2ccccc2)N=c2sc(=Cc3ccc4c(c3)OCCO4)c(=O)n2C1c1ccc(Cl)cc1. The van der Waals surface area contributed by atoms with E-state index >= 15 is 0 Å². The average Bonchev–Trinajstić information content (AvgIpc) is 3.27. The number of nitrogens with zero attached hydrogens (tertiary/aromatic N) is 2. The highest BCUT2D eigenvalue weighted by Crippen LogP contribution is 2.35. The number of rotatable bonds is 5. The molecule has 39 heavy (non-hydrogen) atoms. The van der Waals surface area contributed by atoms with Crippen LogP contribution in [0.1, 0.15) is 29.7 Å². The number of halogens is 1. The van der Waals surface area contributed by atoms with Gasteiger partial charge >= 0.3 is 5.97 Å². The lowest BCUT2D eigenvalue weighted by atomic mass is 9.93. The molecule has 0 saturated carbocycles. The van der Waals surface area contributed by atoms with Crippen molar-refractivity contribution in [2.75, 3.05) is 19.8 Å². The van der Waals surface area contributed by atoms with E-state index in [1.807, 2.05) is 60.7 Å². The van der Waals surface area contributed by atoms with Crippen molar-refractivity contribution in [1.82, 2.24) is 4.57 Å². The van der Waals surface area contributed by atoms with Crippen molar-refractivity contribution in [2.24, 2.45) is 4.99 Å². The van der Waals surface area contributed by atoms with E-state index in [-0.39, 0.29) is 12.2 Å². The summed E-state index contributed by atoms with van der Waals surface area (Å²) >= 11 is 7.45. The van der Waals surface area contributed by atoms with Crippen molar-refractivity contribution >= 4 is 40.7 Å². The molecule has 1 atom stereocenters. The van der Waals surface area contributed by atoms with Gasteiger partial charge in [0, 0.05) is 10.6 Å². The Bertz CT molecular complexity index is 1770. The molecule has 0 radical (unpaired) electrons. The van der Waals surface area contributed by atoms with Crippen LogP contribution in [0.2, 0.25) is 5.02 Å². The average molecular weight is 559 g/mol. The Kier molecular flexibility index (Phi) is 6.81. The van der Waals surface area contributed by atoms with Crippen LogP contribution in [0, 0.1) is 0 Å². The molecule has 2 aliphatic heterocycles. The van der Waals surface area contributed by atoms with Crippen molar-refractivity contribution in [3.8, 4) is 11.5 Å². The van der Waals surface area contributed by atoms with E-state index in [0.717, 1.165) is 16.7 Å². The highest BCUT2D eigenvalue weighted by atomic mass is 35.5. The molecule has 6 rings (SSSR count). The van der Waals surface area contributed by atoms with Crippen LogP contribution in [-0.2, 0) is 9.53 Å². The molecule has 0 fully saturated rings. The first-order valence-corrected chi connectivity index (χ1v) is 13.7. The third-order valence-corrected chi connectivity index (χ3v) is 7.66. The predicted octanol–water partition coefficient (Wildman–Crippen LogP) is 4.36. The molecule has 0 amide bonds. The lowest BCUT2D eigenvalue weighted by Crippen LogP contribution is -2.40. The Hall–Kier alpha value is -4.14. The molecule has 0 bridgehead atoms. The number of esters is 1. The number of hydrogen-bond donors (Lipinski definition) is 0. The number of hydrogen-bond acceptors (Lipinski definition) is 7. The fraction of sp³-hybridized carbons (Fsp3) is 0.167. The fourth-order valence-electron chi connectivity index (χ4n) is 4.70. The second-order valence-corrected chi connectivity index (χ2v) is 10.3. The van der Waals surface area contributed by atoms with Gasteiger partial charge in [-0.2, -0.15) is 0 Å². The van der Waals surface area contributed by atoms with Gasteiger partial charge in [-0.3, -0.25) is 9.36 Å². The maximum absolute atomic E-state index is 14.0. The number of carbonyl (C=O) groups excluding carboxylic acids is 1. The first-order valence-electron chi connectivity index (χ1n) is 12.5. The number of thiazole rings is 1. The molecule has 1 unspecified atom stereocenters. The molecule has 3 heterocycles. The summed E-state index contributed by atoms with van der Waals surface area (Å²) in [4.78, 5) is 32.8. The third kappa shape index (κ3) is 4.77. The summed E-state index contributed by atoms with van der Waals surface area (Å²) in [6, 6.07) is 21.4. The predicted molar refractivity (Wildman–Crippen MR) is 150 cm³/mol. The van der Waals surface area contributed by atoms with Crippen LogP contribution in [-0.4, -0.2) is 30.4 Å². The Morgan fingerprint density at radius 2 is 1.82 bits per heavy atom. The minimum Gasteiger partial charge on any atom is -0.486 e. The number of aromatic nitrogens is 1. The lowest BCUT2D eigenvalue weighted by Gasteiger charge is -2.25. The second kappa shape index (κ2) is 10.6. The van der Waals surface area contributed by atoms with Crippen LogP contribution < -0.4 is 24.4 Å². The maximum atomic E-state index is 14.0. The zero-order valence-electron chi connectivity index (χ0n) is 20.9. The van der Waals surface area contributed by atoms with Gasteiger partial charge in [-0.05, 0) is 48.4 Å². The Balaban J connectivity index is 1.60. The summed E-state index contributed by atoms with van der Waals surface area (Å²) in [6.45, 7) is 2.91. The van der Waals surface area contributed by atoms with Gasteiger partial charge in [-0.15, -0.1) is 0 Å². The van der Waals surface area contributed by atoms with E-state index in [1.165, 1.54) is 11.3 Å². The van der Waals surface area contributed by atoms with Gasteiger partial charge in [-0.25, -0.2) is 9.79 Å². The van der Waals surface area contributed by atoms with E-state index in [4.69, 9.17) is 30.8 Å². The molecular weight excluding hydrogens is 536 g/mol. The molecule has 1 aromatic heterocycles. The van der Waals surface area contributed by atoms with Crippen molar-refractivity contribution in [2.45, 2.75) is 13.0 Å². The summed E-state index contributed by atoms with van der Waals surface area (Å²) in [7, 11) is 0. The highest BCUT2D eigenvalue weighted by Gasteiger charge is 2.35. The Labute approximate surface area is 232 Å². The summed E-state index contributed by atoms with van der Waals surface area (Å²) in [5.74, 6) is 0.785. The zero-order chi connectivity index (χ0) is 26.9. The van der Waals surface area contributed by atoms with Crippen LogP contribution in [0.3, 0.4) is 0 Å². The first-order chi connectivity index (χ1) is 19.0.